The smallest absolute Gasteiger partial charge is 0.325 e. The van der Waals surface area contributed by atoms with Crippen LogP contribution in [0, 0.1) is 13.8 Å². The molecule has 7 heteroatoms. The van der Waals surface area contributed by atoms with E-state index in [9.17, 15) is 9.59 Å². The summed E-state index contributed by atoms with van der Waals surface area (Å²) < 4.78 is 5.89. The number of rotatable bonds is 5. The lowest BCUT2D eigenvalue weighted by molar-refractivity contribution is -0.130. The van der Waals surface area contributed by atoms with Crippen LogP contribution in [0.4, 0.5) is 10.5 Å². The van der Waals surface area contributed by atoms with Gasteiger partial charge >= 0.3 is 6.03 Å². The zero-order valence-electron chi connectivity index (χ0n) is 16.9. The summed E-state index contributed by atoms with van der Waals surface area (Å²) in [6, 6.07) is 11.6. The lowest BCUT2D eigenvalue weighted by atomic mass is 10.2. The lowest BCUT2D eigenvalue weighted by Crippen LogP contribution is -2.42. The van der Waals surface area contributed by atoms with E-state index in [1.54, 1.807) is 20.9 Å². The minimum Gasteiger partial charge on any atom is -0.472 e. The van der Waals surface area contributed by atoms with Crippen LogP contribution in [0.5, 0.6) is 5.88 Å². The van der Waals surface area contributed by atoms with Gasteiger partial charge in [-0.25, -0.2) is 9.78 Å². The summed E-state index contributed by atoms with van der Waals surface area (Å²) in [5.41, 5.74) is 3.10. The predicted molar refractivity (Wildman–Crippen MR) is 110 cm³/mol. The van der Waals surface area contributed by atoms with Gasteiger partial charge in [0.2, 0.25) is 11.8 Å². The number of carbonyl (C=O) groups is 2. The lowest BCUT2D eigenvalue weighted by Gasteiger charge is -2.22. The van der Waals surface area contributed by atoms with Crippen molar-refractivity contribution in [3.8, 4) is 5.88 Å². The Kier molecular flexibility index (Phi) is 5.38. The number of aromatic nitrogens is 1. The Bertz CT molecular complexity index is 882. The van der Waals surface area contributed by atoms with E-state index in [1.807, 2.05) is 50.2 Å². The molecule has 1 aromatic carbocycles. The largest absolute Gasteiger partial charge is 0.472 e. The van der Waals surface area contributed by atoms with Crippen LogP contribution >= 0.6 is 0 Å². The Balaban J connectivity index is 1.30. The van der Waals surface area contributed by atoms with E-state index in [1.165, 1.54) is 0 Å². The van der Waals surface area contributed by atoms with Crippen molar-refractivity contribution in [2.24, 2.45) is 0 Å². The average Bonchev–Trinajstić information content (AvgIpc) is 3.32. The minimum absolute atomic E-state index is 0.0351. The molecule has 1 atom stereocenters. The molecule has 4 rings (SSSR count). The van der Waals surface area contributed by atoms with Crippen LogP contribution in [0.25, 0.3) is 0 Å². The van der Waals surface area contributed by atoms with Gasteiger partial charge in [0.1, 0.15) is 12.6 Å². The first-order valence-electron chi connectivity index (χ1n) is 10.00. The van der Waals surface area contributed by atoms with Crippen LogP contribution in [-0.2, 0) is 4.79 Å². The number of urea groups is 1. The first-order chi connectivity index (χ1) is 14.0. The van der Waals surface area contributed by atoms with Crippen LogP contribution in [0.1, 0.15) is 17.5 Å². The summed E-state index contributed by atoms with van der Waals surface area (Å²) in [5, 5.41) is 0. The monoisotopic (exact) mass is 394 g/mol. The molecule has 152 valence electrons. The number of benzene rings is 1. The highest BCUT2D eigenvalue weighted by molar-refractivity contribution is 5.96. The van der Waals surface area contributed by atoms with Crippen molar-refractivity contribution in [2.75, 3.05) is 37.6 Å². The Labute approximate surface area is 170 Å². The van der Waals surface area contributed by atoms with Gasteiger partial charge in [-0.15, -0.1) is 0 Å². The molecular weight excluding hydrogens is 368 g/mol. The van der Waals surface area contributed by atoms with E-state index in [4.69, 9.17) is 4.74 Å². The standard InChI is InChI=1S/C22H26N4O3/c1-16-3-6-18(7-4-16)26-12-11-25(22(26)28)15-21(27)24-10-9-19(14-24)29-20-8-5-17(2)13-23-20/h3-8,13,19H,9-12,14-15H2,1-2H3. The summed E-state index contributed by atoms with van der Waals surface area (Å²) in [7, 11) is 0. The number of aryl methyl sites for hydroxylation is 2. The summed E-state index contributed by atoms with van der Waals surface area (Å²) in [6.07, 6.45) is 2.48. The topological polar surface area (TPSA) is 66.0 Å². The summed E-state index contributed by atoms with van der Waals surface area (Å²) in [6.45, 7) is 6.42. The van der Waals surface area contributed by atoms with Gasteiger partial charge in [0, 0.05) is 44.0 Å². The third-order valence-corrected chi connectivity index (χ3v) is 5.44. The predicted octanol–water partition coefficient (Wildman–Crippen LogP) is 2.62. The van der Waals surface area contributed by atoms with Gasteiger partial charge < -0.3 is 14.5 Å². The molecule has 1 unspecified atom stereocenters. The number of carbonyl (C=O) groups excluding carboxylic acids is 2. The Hall–Kier alpha value is -3.09. The molecule has 29 heavy (non-hydrogen) atoms. The quantitative estimate of drug-likeness (QED) is 0.782. The Morgan fingerprint density at radius 3 is 2.55 bits per heavy atom. The van der Waals surface area contributed by atoms with E-state index < -0.39 is 0 Å². The SMILES string of the molecule is Cc1ccc(N2CCN(CC(=O)N3CCC(Oc4ccc(C)cn4)C3)C2=O)cc1. The fraction of sp³-hybridized carbons (Fsp3) is 0.409. The molecular formula is C22H26N4O3. The van der Waals surface area contributed by atoms with Gasteiger partial charge in [-0.05, 0) is 31.5 Å². The first kappa shape index (κ1) is 19.2. The number of amides is 3. The number of hydrogen-bond acceptors (Lipinski definition) is 4. The van der Waals surface area contributed by atoms with Gasteiger partial charge in [-0.1, -0.05) is 23.8 Å². The Morgan fingerprint density at radius 2 is 1.83 bits per heavy atom. The second-order valence-corrected chi connectivity index (χ2v) is 7.73. The fourth-order valence-electron chi connectivity index (χ4n) is 3.70. The third-order valence-electron chi connectivity index (χ3n) is 5.44. The van der Waals surface area contributed by atoms with Gasteiger partial charge in [0.25, 0.3) is 0 Å². The number of likely N-dealkylation sites (tertiary alicyclic amines) is 1. The molecule has 2 saturated heterocycles. The number of pyridine rings is 1. The normalized spacial score (nSPS) is 19.2. The second kappa shape index (κ2) is 8.11. The number of ether oxygens (including phenoxy) is 1. The van der Waals surface area contributed by atoms with Crippen molar-refractivity contribution in [1.29, 1.82) is 0 Å². The number of anilines is 1. The van der Waals surface area contributed by atoms with Crippen molar-refractivity contribution < 1.29 is 14.3 Å². The van der Waals surface area contributed by atoms with Crippen molar-refractivity contribution >= 4 is 17.6 Å². The molecule has 0 bridgehead atoms. The maximum Gasteiger partial charge on any atom is 0.325 e. The van der Waals surface area contributed by atoms with Gasteiger partial charge in [0.15, 0.2) is 0 Å². The minimum atomic E-state index is -0.113. The molecule has 1 aromatic heterocycles. The van der Waals surface area contributed by atoms with Crippen molar-refractivity contribution in [1.82, 2.24) is 14.8 Å². The molecule has 2 aromatic rings. The van der Waals surface area contributed by atoms with E-state index in [0.29, 0.717) is 32.1 Å². The molecule has 0 spiro atoms. The molecule has 0 aliphatic carbocycles. The Morgan fingerprint density at radius 1 is 1.07 bits per heavy atom. The van der Waals surface area contributed by atoms with E-state index in [2.05, 4.69) is 4.98 Å². The molecule has 0 saturated carbocycles. The summed E-state index contributed by atoms with van der Waals surface area (Å²) >= 11 is 0. The molecule has 3 amide bonds. The van der Waals surface area contributed by atoms with E-state index >= 15 is 0 Å². The summed E-state index contributed by atoms with van der Waals surface area (Å²) in [4.78, 5) is 34.8. The van der Waals surface area contributed by atoms with Crippen LogP contribution in [0.2, 0.25) is 0 Å². The van der Waals surface area contributed by atoms with Gasteiger partial charge in [-0.2, -0.15) is 0 Å². The maximum absolute atomic E-state index is 12.7. The van der Waals surface area contributed by atoms with Crippen molar-refractivity contribution in [3.63, 3.8) is 0 Å². The highest BCUT2D eigenvalue weighted by atomic mass is 16.5. The highest BCUT2D eigenvalue weighted by Crippen LogP contribution is 2.22. The first-order valence-corrected chi connectivity index (χ1v) is 10.00. The summed E-state index contributed by atoms with van der Waals surface area (Å²) in [5.74, 6) is 0.547. The second-order valence-electron chi connectivity index (χ2n) is 7.73. The molecule has 0 N–H and O–H groups in total. The molecule has 2 fully saturated rings. The van der Waals surface area contributed by atoms with E-state index in [-0.39, 0.29) is 24.6 Å². The van der Waals surface area contributed by atoms with Crippen LogP contribution < -0.4 is 9.64 Å². The fourth-order valence-corrected chi connectivity index (χ4v) is 3.70. The average molecular weight is 394 g/mol. The maximum atomic E-state index is 12.7. The van der Waals surface area contributed by atoms with Gasteiger partial charge in [-0.3, -0.25) is 9.69 Å². The zero-order valence-corrected chi connectivity index (χ0v) is 16.9. The molecule has 2 aliphatic heterocycles. The zero-order chi connectivity index (χ0) is 20.4. The van der Waals surface area contributed by atoms with Gasteiger partial charge in [0.05, 0.1) is 6.54 Å². The van der Waals surface area contributed by atoms with Crippen molar-refractivity contribution in [2.45, 2.75) is 26.4 Å². The molecule has 2 aliphatic rings. The number of hydrogen-bond donors (Lipinski definition) is 0. The number of nitrogens with zero attached hydrogens (tertiary/aromatic N) is 4. The third kappa shape index (κ3) is 4.34. The molecule has 7 nitrogen and oxygen atoms in total. The van der Waals surface area contributed by atoms with E-state index in [0.717, 1.165) is 23.2 Å². The van der Waals surface area contributed by atoms with Crippen LogP contribution in [0.15, 0.2) is 42.6 Å². The van der Waals surface area contributed by atoms with Crippen LogP contribution in [0.3, 0.4) is 0 Å². The molecule has 3 heterocycles. The highest BCUT2D eigenvalue weighted by Gasteiger charge is 2.34. The molecule has 0 radical (unpaired) electrons. The van der Waals surface area contributed by atoms with Crippen molar-refractivity contribution in [3.05, 3.63) is 53.7 Å². The van der Waals surface area contributed by atoms with Crippen LogP contribution in [-0.4, -0.2) is 65.5 Å².